The van der Waals surface area contributed by atoms with Crippen LogP contribution in [0, 0.1) is 10.5 Å². The van der Waals surface area contributed by atoms with Crippen LogP contribution in [-0.2, 0) is 0 Å². The highest BCUT2D eigenvalue weighted by molar-refractivity contribution is 14.1. The second kappa shape index (κ2) is 6.59. The van der Waals surface area contributed by atoms with E-state index in [2.05, 4.69) is 43.8 Å². The lowest BCUT2D eigenvalue weighted by Gasteiger charge is -2.13. The Hall–Kier alpha value is -0.100. The van der Waals surface area contributed by atoms with Crippen LogP contribution in [0.4, 0.5) is 0 Å². The molecule has 0 fully saturated rings. The SMILES string of the molecule is Cc1cccc(C(=O)NC(C)CCBr)c1I. The van der Waals surface area contributed by atoms with Crippen LogP contribution < -0.4 is 5.32 Å². The van der Waals surface area contributed by atoms with Crippen molar-refractivity contribution in [3.8, 4) is 0 Å². The summed E-state index contributed by atoms with van der Waals surface area (Å²) in [5, 5.41) is 3.89. The maximum atomic E-state index is 12.0. The van der Waals surface area contributed by atoms with E-state index in [4.69, 9.17) is 0 Å². The third-order valence-electron chi connectivity index (χ3n) is 2.36. The number of hydrogen-bond acceptors (Lipinski definition) is 1. The van der Waals surface area contributed by atoms with Crippen molar-refractivity contribution in [1.29, 1.82) is 0 Å². The van der Waals surface area contributed by atoms with Gasteiger partial charge in [0.05, 0.1) is 5.56 Å². The fourth-order valence-electron chi connectivity index (χ4n) is 1.36. The van der Waals surface area contributed by atoms with Crippen molar-refractivity contribution in [2.75, 3.05) is 5.33 Å². The van der Waals surface area contributed by atoms with E-state index < -0.39 is 0 Å². The minimum absolute atomic E-state index is 0.0153. The first-order chi connectivity index (χ1) is 7.56. The molecule has 0 aliphatic heterocycles. The van der Waals surface area contributed by atoms with Crippen molar-refractivity contribution in [3.05, 3.63) is 32.9 Å². The first kappa shape index (κ1) is 14.0. The molecule has 1 unspecified atom stereocenters. The lowest BCUT2D eigenvalue weighted by Crippen LogP contribution is -2.33. The number of benzene rings is 1. The van der Waals surface area contributed by atoms with Crippen molar-refractivity contribution >= 4 is 44.4 Å². The molecule has 0 heterocycles. The average Bonchev–Trinajstić information content (AvgIpc) is 2.22. The number of carbonyl (C=O) groups is 1. The van der Waals surface area contributed by atoms with Gasteiger partial charge in [-0.15, -0.1) is 0 Å². The molecule has 0 bridgehead atoms. The highest BCUT2D eigenvalue weighted by Gasteiger charge is 2.13. The summed E-state index contributed by atoms with van der Waals surface area (Å²) in [4.78, 5) is 12.0. The molecular formula is C12H15BrINO. The fraction of sp³-hybridized carbons (Fsp3) is 0.417. The molecule has 4 heteroatoms. The highest BCUT2D eigenvalue weighted by atomic mass is 127. The van der Waals surface area contributed by atoms with Gasteiger partial charge >= 0.3 is 0 Å². The number of alkyl halides is 1. The maximum absolute atomic E-state index is 12.0. The predicted octanol–water partition coefficient (Wildman–Crippen LogP) is 3.50. The molecule has 0 aliphatic carbocycles. The molecule has 1 atom stereocenters. The second-order valence-electron chi connectivity index (χ2n) is 3.79. The summed E-state index contributed by atoms with van der Waals surface area (Å²) >= 11 is 5.59. The van der Waals surface area contributed by atoms with Crippen LogP contribution in [-0.4, -0.2) is 17.3 Å². The molecule has 0 aliphatic rings. The minimum atomic E-state index is 0.0153. The van der Waals surface area contributed by atoms with E-state index in [0.717, 1.165) is 26.4 Å². The summed E-state index contributed by atoms with van der Waals surface area (Å²) in [6.07, 6.45) is 0.939. The molecule has 16 heavy (non-hydrogen) atoms. The van der Waals surface area contributed by atoms with Crippen LogP contribution in [0.5, 0.6) is 0 Å². The van der Waals surface area contributed by atoms with E-state index in [1.807, 2.05) is 32.0 Å². The molecule has 2 nitrogen and oxygen atoms in total. The number of amides is 1. The summed E-state index contributed by atoms with van der Waals surface area (Å²) < 4.78 is 1.03. The molecule has 1 N–H and O–H groups in total. The van der Waals surface area contributed by atoms with Gasteiger partial charge in [-0.25, -0.2) is 0 Å². The van der Waals surface area contributed by atoms with E-state index in [1.54, 1.807) is 0 Å². The largest absolute Gasteiger partial charge is 0.350 e. The first-order valence-corrected chi connectivity index (χ1v) is 7.38. The Morgan fingerprint density at radius 1 is 1.56 bits per heavy atom. The molecule has 1 aromatic carbocycles. The van der Waals surface area contributed by atoms with Crippen molar-refractivity contribution in [2.45, 2.75) is 26.3 Å². The minimum Gasteiger partial charge on any atom is -0.350 e. The number of hydrogen-bond donors (Lipinski definition) is 1. The van der Waals surface area contributed by atoms with E-state index in [0.29, 0.717) is 0 Å². The third-order valence-corrected chi connectivity index (χ3v) is 4.25. The van der Waals surface area contributed by atoms with Crippen molar-refractivity contribution in [1.82, 2.24) is 5.32 Å². The van der Waals surface area contributed by atoms with E-state index >= 15 is 0 Å². The maximum Gasteiger partial charge on any atom is 0.252 e. The monoisotopic (exact) mass is 395 g/mol. The van der Waals surface area contributed by atoms with Gasteiger partial charge in [0.2, 0.25) is 0 Å². The standard InChI is InChI=1S/C12H15BrINO/c1-8-4-3-5-10(11(8)14)12(16)15-9(2)6-7-13/h3-5,9H,6-7H2,1-2H3,(H,15,16). The van der Waals surface area contributed by atoms with Crippen LogP contribution in [0.2, 0.25) is 0 Å². The molecule has 0 saturated heterocycles. The van der Waals surface area contributed by atoms with Crippen molar-refractivity contribution in [3.63, 3.8) is 0 Å². The average molecular weight is 396 g/mol. The number of halogens is 2. The lowest BCUT2D eigenvalue weighted by molar-refractivity contribution is 0.0938. The van der Waals surface area contributed by atoms with Crippen molar-refractivity contribution in [2.24, 2.45) is 0 Å². The Labute approximate surface area is 118 Å². The smallest absolute Gasteiger partial charge is 0.252 e. The summed E-state index contributed by atoms with van der Waals surface area (Å²) in [5.74, 6) is 0.0153. The van der Waals surface area contributed by atoms with Crippen LogP contribution >= 0.6 is 38.5 Å². The third kappa shape index (κ3) is 3.73. The quantitative estimate of drug-likeness (QED) is 0.613. The van der Waals surface area contributed by atoms with Gasteiger partial charge in [0.25, 0.3) is 5.91 Å². The molecule has 88 valence electrons. The molecule has 0 radical (unpaired) electrons. The molecule has 0 spiro atoms. The van der Waals surface area contributed by atoms with Gasteiger partial charge < -0.3 is 5.32 Å². The highest BCUT2D eigenvalue weighted by Crippen LogP contribution is 2.16. The molecule has 1 aromatic rings. The Kier molecular flexibility index (Phi) is 5.75. The zero-order valence-corrected chi connectivity index (χ0v) is 13.1. The number of nitrogens with one attached hydrogen (secondary N) is 1. The van der Waals surface area contributed by atoms with Gasteiger partial charge in [0.1, 0.15) is 0 Å². The topological polar surface area (TPSA) is 29.1 Å². The molecule has 1 amide bonds. The molecule has 0 aromatic heterocycles. The zero-order chi connectivity index (χ0) is 12.1. The number of carbonyl (C=O) groups excluding carboxylic acids is 1. The first-order valence-electron chi connectivity index (χ1n) is 5.18. The Bertz CT molecular complexity index is 381. The summed E-state index contributed by atoms with van der Waals surface area (Å²) in [6, 6.07) is 6.00. The van der Waals surface area contributed by atoms with Crippen LogP contribution in [0.15, 0.2) is 18.2 Å². The van der Waals surface area contributed by atoms with E-state index in [9.17, 15) is 4.79 Å². The normalized spacial score (nSPS) is 12.2. The molecule has 1 rings (SSSR count). The van der Waals surface area contributed by atoms with Crippen LogP contribution in [0.3, 0.4) is 0 Å². The Morgan fingerprint density at radius 3 is 2.88 bits per heavy atom. The van der Waals surface area contributed by atoms with Gasteiger partial charge in [-0.3, -0.25) is 4.79 Å². The van der Waals surface area contributed by atoms with Crippen LogP contribution in [0.25, 0.3) is 0 Å². The Balaban J connectivity index is 2.77. The summed E-state index contributed by atoms with van der Waals surface area (Å²) in [5.41, 5.74) is 1.91. The van der Waals surface area contributed by atoms with Crippen LogP contribution in [0.1, 0.15) is 29.3 Å². The van der Waals surface area contributed by atoms with Gasteiger partial charge in [-0.05, 0) is 54.5 Å². The van der Waals surface area contributed by atoms with E-state index in [1.165, 1.54) is 0 Å². The van der Waals surface area contributed by atoms with Gasteiger partial charge in [0.15, 0.2) is 0 Å². The molecular weight excluding hydrogens is 381 g/mol. The molecule has 0 saturated carbocycles. The predicted molar refractivity (Wildman–Crippen MR) is 79.2 cm³/mol. The van der Waals surface area contributed by atoms with Gasteiger partial charge in [-0.2, -0.15) is 0 Å². The van der Waals surface area contributed by atoms with E-state index in [-0.39, 0.29) is 11.9 Å². The summed E-state index contributed by atoms with van der Waals surface area (Å²) in [7, 11) is 0. The van der Waals surface area contributed by atoms with Gasteiger partial charge in [-0.1, -0.05) is 28.1 Å². The fourth-order valence-corrected chi connectivity index (χ4v) is 2.65. The second-order valence-corrected chi connectivity index (χ2v) is 5.66. The zero-order valence-electron chi connectivity index (χ0n) is 9.39. The van der Waals surface area contributed by atoms with Gasteiger partial charge in [0, 0.05) is 14.9 Å². The van der Waals surface area contributed by atoms with Crippen molar-refractivity contribution < 1.29 is 4.79 Å². The lowest BCUT2D eigenvalue weighted by atomic mass is 10.1. The Morgan fingerprint density at radius 2 is 2.25 bits per heavy atom. The summed E-state index contributed by atoms with van der Waals surface area (Å²) in [6.45, 7) is 4.03. The number of aryl methyl sites for hydroxylation is 1. The number of rotatable bonds is 4.